The molecular weight excluding hydrogens is 308 g/mol. The lowest BCUT2D eigenvalue weighted by Gasteiger charge is -2.49. The minimum Gasteiger partial charge on any atom is -0.361 e. The number of carbonyl (C=O) groups excluding carboxylic acids is 2. The molecule has 7 nitrogen and oxygen atoms in total. The van der Waals surface area contributed by atoms with Crippen molar-refractivity contribution in [1.29, 1.82) is 0 Å². The van der Waals surface area contributed by atoms with Crippen molar-refractivity contribution in [1.82, 2.24) is 20.3 Å². The van der Waals surface area contributed by atoms with Crippen molar-refractivity contribution < 1.29 is 14.1 Å². The molecule has 1 spiro atoms. The first-order chi connectivity index (χ1) is 11.5. The van der Waals surface area contributed by atoms with Crippen LogP contribution in [0, 0.1) is 6.92 Å². The van der Waals surface area contributed by atoms with Gasteiger partial charge in [0.05, 0.1) is 5.69 Å². The maximum absolute atomic E-state index is 13.1. The molecular formula is C17H26N4O3. The number of amides is 2. The number of carbonyl (C=O) groups is 2. The fourth-order valence-electron chi connectivity index (χ4n) is 3.86. The number of hydrogen-bond acceptors (Lipinski definition) is 5. The van der Waals surface area contributed by atoms with Crippen molar-refractivity contribution in [3.05, 3.63) is 17.0 Å². The van der Waals surface area contributed by atoms with Gasteiger partial charge in [0, 0.05) is 38.1 Å². The minimum atomic E-state index is -0.134. The van der Waals surface area contributed by atoms with Crippen LogP contribution in [0.3, 0.4) is 0 Å². The van der Waals surface area contributed by atoms with Gasteiger partial charge in [-0.3, -0.25) is 14.5 Å². The largest absolute Gasteiger partial charge is 0.361 e. The molecule has 24 heavy (non-hydrogen) atoms. The summed E-state index contributed by atoms with van der Waals surface area (Å²) in [5.74, 6) is 0.691. The van der Waals surface area contributed by atoms with Crippen LogP contribution in [0.5, 0.6) is 0 Å². The molecule has 1 N–H and O–H groups in total. The number of hydrogen-bond donors (Lipinski definition) is 1. The fraction of sp³-hybridized carbons (Fsp3) is 0.706. The van der Waals surface area contributed by atoms with Crippen LogP contribution in [0.25, 0.3) is 0 Å². The van der Waals surface area contributed by atoms with E-state index in [-0.39, 0.29) is 17.4 Å². The molecule has 3 rings (SSSR count). The van der Waals surface area contributed by atoms with Crippen LogP contribution in [0.15, 0.2) is 4.52 Å². The number of rotatable bonds is 2. The standard InChI is InChI=1S/C17H26N4O3/c1-4-13-15(12(2)24-19-13)16(23)21-10-9-20(3)17(11-21)6-5-14(22)18-8-7-17/h4-11H2,1-3H3,(H,18,22)/t17-/m1/s1. The lowest BCUT2D eigenvalue weighted by Crippen LogP contribution is -2.62. The molecule has 2 fully saturated rings. The van der Waals surface area contributed by atoms with Gasteiger partial charge in [-0.15, -0.1) is 0 Å². The molecule has 0 aromatic carbocycles. The van der Waals surface area contributed by atoms with E-state index in [4.69, 9.17) is 4.52 Å². The highest BCUT2D eigenvalue weighted by Gasteiger charge is 2.42. The zero-order chi connectivity index (χ0) is 17.3. The molecule has 3 heterocycles. The summed E-state index contributed by atoms with van der Waals surface area (Å²) in [6.07, 6.45) is 2.83. The van der Waals surface area contributed by atoms with Gasteiger partial charge in [0.2, 0.25) is 5.91 Å². The SMILES string of the molecule is CCc1noc(C)c1C(=O)N1CCN(C)[C@]2(CCNC(=O)CC2)C1. The van der Waals surface area contributed by atoms with E-state index in [0.29, 0.717) is 43.8 Å². The van der Waals surface area contributed by atoms with Gasteiger partial charge in [-0.05, 0) is 33.2 Å². The lowest BCUT2D eigenvalue weighted by atomic mass is 9.86. The summed E-state index contributed by atoms with van der Waals surface area (Å²) in [6.45, 7) is 6.57. The van der Waals surface area contributed by atoms with Crippen molar-refractivity contribution in [2.24, 2.45) is 0 Å². The number of aromatic nitrogens is 1. The quantitative estimate of drug-likeness (QED) is 0.872. The Morgan fingerprint density at radius 3 is 2.92 bits per heavy atom. The van der Waals surface area contributed by atoms with Gasteiger partial charge in [0.1, 0.15) is 11.3 Å². The summed E-state index contributed by atoms with van der Waals surface area (Å²) >= 11 is 0. The topological polar surface area (TPSA) is 78.7 Å². The van der Waals surface area contributed by atoms with Crippen molar-refractivity contribution in [2.75, 3.05) is 33.2 Å². The highest BCUT2D eigenvalue weighted by molar-refractivity contribution is 5.96. The summed E-state index contributed by atoms with van der Waals surface area (Å²) in [5, 5.41) is 6.95. The van der Waals surface area contributed by atoms with Crippen molar-refractivity contribution >= 4 is 11.8 Å². The van der Waals surface area contributed by atoms with Crippen molar-refractivity contribution in [3.8, 4) is 0 Å². The van der Waals surface area contributed by atoms with Crippen LogP contribution in [-0.4, -0.2) is 65.5 Å². The van der Waals surface area contributed by atoms with Gasteiger partial charge < -0.3 is 14.7 Å². The number of piperazine rings is 1. The smallest absolute Gasteiger partial charge is 0.259 e. The average molecular weight is 334 g/mol. The Morgan fingerprint density at radius 2 is 2.17 bits per heavy atom. The van der Waals surface area contributed by atoms with E-state index in [1.54, 1.807) is 6.92 Å². The Balaban J connectivity index is 1.83. The third-order valence-electron chi connectivity index (χ3n) is 5.50. The zero-order valence-electron chi connectivity index (χ0n) is 14.7. The third-order valence-corrected chi connectivity index (χ3v) is 5.50. The van der Waals surface area contributed by atoms with E-state index in [0.717, 1.165) is 25.1 Å². The van der Waals surface area contributed by atoms with E-state index < -0.39 is 0 Å². The molecule has 0 radical (unpaired) electrons. The van der Waals surface area contributed by atoms with Crippen LogP contribution in [0.4, 0.5) is 0 Å². The zero-order valence-corrected chi connectivity index (χ0v) is 14.7. The summed E-state index contributed by atoms with van der Waals surface area (Å²) in [5.41, 5.74) is 1.20. The summed E-state index contributed by atoms with van der Waals surface area (Å²) in [6, 6.07) is 0. The predicted octanol–water partition coefficient (Wildman–Crippen LogP) is 0.972. The van der Waals surface area contributed by atoms with Crippen LogP contribution < -0.4 is 5.32 Å². The molecule has 0 aliphatic carbocycles. The molecule has 7 heteroatoms. The molecule has 2 aliphatic heterocycles. The van der Waals surface area contributed by atoms with E-state index in [1.807, 2.05) is 11.8 Å². The summed E-state index contributed by atoms with van der Waals surface area (Å²) < 4.78 is 5.23. The normalized spacial score (nSPS) is 25.6. The van der Waals surface area contributed by atoms with Crippen molar-refractivity contribution in [2.45, 2.75) is 45.1 Å². The lowest BCUT2D eigenvalue weighted by molar-refractivity contribution is -0.121. The van der Waals surface area contributed by atoms with Gasteiger partial charge in [-0.2, -0.15) is 0 Å². The average Bonchev–Trinajstić information content (AvgIpc) is 2.84. The van der Waals surface area contributed by atoms with E-state index in [1.165, 1.54) is 0 Å². The van der Waals surface area contributed by atoms with Gasteiger partial charge in [-0.1, -0.05) is 12.1 Å². The van der Waals surface area contributed by atoms with Gasteiger partial charge in [0.15, 0.2) is 0 Å². The Kier molecular flexibility index (Phi) is 4.62. The highest BCUT2D eigenvalue weighted by atomic mass is 16.5. The Hall–Kier alpha value is -1.89. The molecule has 0 bridgehead atoms. The summed E-state index contributed by atoms with van der Waals surface area (Å²) in [4.78, 5) is 29.0. The van der Waals surface area contributed by atoms with Crippen LogP contribution >= 0.6 is 0 Å². The Bertz CT molecular complexity index is 642. The highest BCUT2D eigenvalue weighted by Crippen LogP contribution is 2.31. The second-order valence-electron chi connectivity index (χ2n) is 6.89. The fourth-order valence-corrected chi connectivity index (χ4v) is 3.86. The first-order valence-electron chi connectivity index (χ1n) is 8.69. The molecule has 0 saturated carbocycles. The predicted molar refractivity (Wildman–Crippen MR) is 88.7 cm³/mol. The van der Waals surface area contributed by atoms with Crippen LogP contribution in [0.1, 0.15) is 48.0 Å². The van der Waals surface area contributed by atoms with Gasteiger partial charge >= 0.3 is 0 Å². The maximum atomic E-state index is 13.1. The molecule has 1 aromatic heterocycles. The van der Waals surface area contributed by atoms with E-state index in [2.05, 4.69) is 22.4 Å². The van der Waals surface area contributed by atoms with Crippen LogP contribution in [-0.2, 0) is 11.2 Å². The number of nitrogens with zero attached hydrogens (tertiary/aromatic N) is 3. The molecule has 2 amide bonds. The molecule has 132 valence electrons. The molecule has 1 atom stereocenters. The minimum absolute atomic E-state index is 0.00149. The van der Waals surface area contributed by atoms with Crippen LogP contribution in [0.2, 0.25) is 0 Å². The van der Waals surface area contributed by atoms with Crippen molar-refractivity contribution in [3.63, 3.8) is 0 Å². The third kappa shape index (κ3) is 2.92. The second-order valence-corrected chi connectivity index (χ2v) is 6.89. The molecule has 2 aliphatic rings. The Labute approximate surface area is 142 Å². The monoisotopic (exact) mass is 334 g/mol. The molecule has 2 saturated heterocycles. The maximum Gasteiger partial charge on any atom is 0.259 e. The number of nitrogens with one attached hydrogen (secondary N) is 1. The van der Waals surface area contributed by atoms with E-state index >= 15 is 0 Å². The first kappa shape index (κ1) is 17.0. The second kappa shape index (κ2) is 6.55. The first-order valence-corrected chi connectivity index (χ1v) is 8.69. The number of aryl methyl sites for hydroxylation is 2. The van der Waals surface area contributed by atoms with Gasteiger partial charge in [-0.25, -0.2) is 0 Å². The molecule has 0 unspecified atom stereocenters. The number of likely N-dealkylation sites (N-methyl/N-ethyl adjacent to an activating group) is 1. The van der Waals surface area contributed by atoms with Gasteiger partial charge in [0.25, 0.3) is 5.91 Å². The van der Waals surface area contributed by atoms with E-state index in [9.17, 15) is 9.59 Å². The summed E-state index contributed by atoms with van der Waals surface area (Å²) in [7, 11) is 2.10. The molecule has 1 aromatic rings. The Morgan fingerprint density at radius 1 is 1.38 bits per heavy atom.